The second kappa shape index (κ2) is 8.27. The number of benzene rings is 2. The molecule has 7 nitrogen and oxygen atoms in total. The minimum Gasteiger partial charge on any atom is -0.507 e. The molecule has 0 fully saturated rings. The van der Waals surface area contributed by atoms with Crippen molar-refractivity contribution in [3.63, 3.8) is 0 Å². The Kier molecular flexibility index (Phi) is 5.61. The van der Waals surface area contributed by atoms with Gasteiger partial charge in [0.2, 0.25) is 0 Å². The number of esters is 1. The molecule has 0 aliphatic carbocycles. The average molecular weight is 377 g/mol. The first-order chi connectivity index (χ1) is 13.5. The molecule has 2 N–H and O–H groups in total. The van der Waals surface area contributed by atoms with Crippen LogP contribution in [-0.2, 0) is 9.53 Å². The fraction of sp³-hybridized carbons (Fsp3) is 0.190. The number of hydrogen-bond donors (Lipinski definition) is 2. The first kappa shape index (κ1) is 19.0. The molecule has 3 aromatic rings. The maximum atomic E-state index is 11.9. The first-order valence-electron chi connectivity index (χ1n) is 8.61. The summed E-state index contributed by atoms with van der Waals surface area (Å²) >= 11 is 0. The van der Waals surface area contributed by atoms with Crippen molar-refractivity contribution in [2.45, 2.75) is 13.8 Å². The molecule has 0 bridgehead atoms. The minimum absolute atomic E-state index is 0.0838. The number of aromatic nitrogens is 2. The van der Waals surface area contributed by atoms with Crippen molar-refractivity contribution in [2.75, 3.05) is 13.2 Å². The SMILES string of the molecule is Cc1cccc(OCC(=O)OC/C(O)=C(\C#N)c2nc3ccccc3[nH]2)c1C. The van der Waals surface area contributed by atoms with Gasteiger partial charge in [-0.2, -0.15) is 5.26 Å². The van der Waals surface area contributed by atoms with Crippen molar-refractivity contribution in [1.82, 2.24) is 9.97 Å². The van der Waals surface area contributed by atoms with E-state index in [1.54, 1.807) is 12.1 Å². The largest absolute Gasteiger partial charge is 0.507 e. The summed E-state index contributed by atoms with van der Waals surface area (Å²) in [6, 6.07) is 14.7. The van der Waals surface area contributed by atoms with Gasteiger partial charge in [0.1, 0.15) is 24.0 Å². The zero-order valence-electron chi connectivity index (χ0n) is 15.5. The van der Waals surface area contributed by atoms with Gasteiger partial charge in [-0.25, -0.2) is 9.78 Å². The summed E-state index contributed by atoms with van der Waals surface area (Å²) in [6.45, 7) is 3.10. The van der Waals surface area contributed by atoms with E-state index in [9.17, 15) is 15.2 Å². The highest BCUT2D eigenvalue weighted by atomic mass is 16.6. The molecule has 1 heterocycles. The van der Waals surface area contributed by atoms with Crippen molar-refractivity contribution in [1.29, 1.82) is 5.26 Å². The third-order valence-electron chi connectivity index (χ3n) is 4.30. The number of allylic oxidation sites excluding steroid dienone is 1. The van der Waals surface area contributed by atoms with E-state index < -0.39 is 12.6 Å². The van der Waals surface area contributed by atoms with Crippen LogP contribution in [0.15, 0.2) is 48.2 Å². The number of nitriles is 1. The number of imidazole rings is 1. The standard InChI is InChI=1S/C21H19N3O4/c1-13-6-5-9-19(14(13)2)27-12-20(26)28-11-18(25)15(10-22)21-23-16-7-3-4-8-17(16)24-21/h3-9,25H,11-12H2,1-2H3,(H,23,24)/b18-15-. The maximum Gasteiger partial charge on any atom is 0.344 e. The van der Waals surface area contributed by atoms with E-state index in [1.165, 1.54) is 0 Å². The molecule has 28 heavy (non-hydrogen) atoms. The van der Waals surface area contributed by atoms with E-state index in [0.717, 1.165) is 16.6 Å². The van der Waals surface area contributed by atoms with Crippen molar-refractivity contribution in [2.24, 2.45) is 0 Å². The highest BCUT2D eigenvalue weighted by Gasteiger charge is 2.15. The lowest BCUT2D eigenvalue weighted by Gasteiger charge is -2.10. The molecular formula is C21H19N3O4. The quantitative estimate of drug-likeness (QED) is 0.386. The lowest BCUT2D eigenvalue weighted by atomic mass is 10.1. The third-order valence-corrected chi connectivity index (χ3v) is 4.30. The lowest BCUT2D eigenvalue weighted by Crippen LogP contribution is -2.17. The van der Waals surface area contributed by atoms with E-state index in [-0.39, 0.29) is 23.8 Å². The number of rotatable bonds is 6. The van der Waals surface area contributed by atoms with Gasteiger partial charge in [0.25, 0.3) is 0 Å². The fourth-order valence-corrected chi connectivity index (χ4v) is 2.61. The first-order valence-corrected chi connectivity index (χ1v) is 8.61. The van der Waals surface area contributed by atoms with Crippen LogP contribution in [0, 0.1) is 25.2 Å². The highest BCUT2D eigenvalue weighted by molar-refractivity contribution is 5.83. The number of ether oxygens (including phenoxy) is 2. The van der Waals surface area contributed by atoms with Gasteiger partial charge >= 0.3 is 5.97 Å². The number of hydrogen-bond acceptors (Lipinski definition) is 6. The normalized spacial score (nSPS) is 11.6. The summed E-state index contributed by atoms with van der Waals surface area (Å²) < 4.78 is 10.5. The summed E-state index contributed by atoms with van der Waals surface area (Å²) in [5, 5.41) is 19.5. The molecule has 2 aromatic carbocycles. The number of fused-ring (bicyclic) bond motifs is 1. The Morgan fingerprint density at radius 2 is 1.96 bits per heavy atom. The summed E-state index contributed by atoms with van der Waals surface area (Å²) in [7, 11) is 0. The fourth-order valence-electron chi connectivity index (χ4n) is 2.61. The van der Waals surface area contributed by atoms with Gasteiger partial charge in [-0.1, -0.05) is 24.3 Å². The number of para-hydroxylation sites is 2. The molecule has 0 atom stereocenters. The number of carbonyl (C=O) groups is 1. The molecule has 0 radical (unpaired) electrons. The highest BCUT2D eigenvalue weighted by Crippen LogP contribution is 2.21. The van der Waals surface area contributed by atoms with Crippen LogP contribution in [0.25, 0.3) is 16.6 Å². The average Bonchev–Trinajstić information content (AvgIpc) is 3.11. The van der Waals surface area contributed by atoms with Crippen molar-refractivity contribution >= 4 is 22.6 Å². The predicted octanol–water partition coefficient (Wildman–Crippen LogP) is 3.59. The maximum absolute atomic E-state index is 11.9. The number of carbonyl (C=O) groups excluding carboxylic acids is 1. The van der Waals surface area contributed by atoms with E-state index in [1.807, 2.05) is 50.2 Å². The summed E-state index contributed by atoms with van der Waals surface area (Å²) in [6.07, 6.45) is 0. The number of aliphatic hydroxyl groups is 1. The Hall–Kier alpha value is -3.79. The number of nitrogens with one attached hydrogen (secondary N) is 1. The molecule has 0 amide bonds. The van der Waals surface area contributed by atoms with Crippen LogP contribution >= 0.6 is 0 Å². The Bertz CT molecular complexity index is 1060. The number of aryl methyl sites for hydroxylation is 1. The second-order valence-corrected chi connectivity index (χ2v) is 6.18. The molecule has 3 rings (SSSR count). The van der Waals surface area contributed by atoms with Crippen LogP contribution in [0.2, 0.25) is 0 Å². The van der Waals surface area contributed by atoms with Crippen LogP contribution in [0.4, 0.5) is 0 Å². The molecular weight excluding hydrogens is 358 g/mol. The van der Waals surface area contributed by atoms with E-state index in [4.69, 9.17) is 9.47 Å². The molecule has 0 spiro atoms. The van der Waals surface area contributed by atoms with Crippen molar-refractivity contribution in [3.8, 4) is 11.8 Å². The van der Waals surface area contributed by atoms with Gasteiger partial charge in [0, 0.05) is 0 Å². The van der Waals surface area contributed by atoms with Gasteiger partial charge in [0.05, 0.1) is 11.0 Å². The Labute approximate surface area is 161 Å². The molecule has 0 aliphatic heterocycles. The summed E-state index contributed by atoms with van der Waals surface area (Å²) in [5.74, 6) is -0.239. The molecule has 142 valence electrons. The molecule has 1 aromatic heterocycles. The minimum atomic E-state index is -0.658. The summed E-state index contributed by atoms with van der Waals surface area (Å²) in [5.41, 5.74) is 3.30. The van der Waals surface area contributed by atoms with Gasteiger partial charge in [-0.05, 0) is 43.2 Å². The van der Waals surface area contributed by atoms with E-state index in [0.29, 0.717) is 11.3 Å². The van der Waals surface area contributed by atoms with Crippen LogP contribution < -0.4 is 4.74 Å². The number of H-pyrrole nitrogens is 1. The molecule has 0 saturated carbocycles. The van der Waals surface area contributed by atoms with E-state index in [2.05, 4.69) is 9.97 Å². The number of nitrogens with zero attached hydrogens (tertiary/aromatic N) is 2. The smallest absolute Gasteiger partial charge is 0.344 e. The molecule has 0 aliphatic rings. The predicted molar refractivity (Wildman–Crippen MR) is 104 cm³/mol. The zero-order chi connectivity index (χ0) is 20.1. The van der Waals surface area contributed by atoms with Gasteiger partial charge in [-0.3, -0.25) is 0 Å². The Balaban J connectivity index is 1.64. The van der Waals surface area contributed by atoms with Crippen molar-refractivity contribution in [3.05, 3.63) is 65.2 Å². The van der Waals surface area contributed by atoms with Crippen LogP contribution in [0.5, 0.6) is 5.75 Å². The van der Waals surface area contributed by atoms with Crippen molar-refractivity contribution < 1.29 is 19.4 Å². The van der Waals surface area contributed by atoms with Gasteiger partial charge in [0.15, 0.2) is 18.2 Å². The number of aliphatic hydroxyl groups excluding tert-OH is 1. The van der Waals surface area contributed by atoms with Gasteiger partial charge < -0.3 is 19.6 Å². The molecule has 7 heteroatoms. The molecule has 0 saturated heterocycles. The summed E-state index contributed by atoms with van der Waals surface area (Å²) in [4.78, 5) is 19.1. The molecule has 0 unspecified atom stereocenters. The zero-order valence-corrected chi connectivity index (χ0v) is 15.5. The second-order valence-electron chi connectivity index (χ2n) is 6.18. The van der Waals surface area contributed by atoms with Crippen LogP contribution in [0.1, 0.15) is 17.0 Å². The lowest BCUT2D eigenvalue weighted by molar-refractivity contribution is -0.145. The monoisotopic (exact) mass is 377 g/mol. The topological polar surface area (TPSA) is 108 Å². The Morgan fingerprint density at radius 3 is 2.71 bits per heavy atom. The van der Waals surface area contributed by atoms with Crippen LogP contribution in [0.3, 0.4) is 0 Å². The third kappa shape index (κ3) is 4.13. The number of aromatic amines is 1. The van der Waals surface area contributed by atoms with E-state index >= 15 is 0 Å². The van der Waals surface area contributed by atoms with Crippen LogP contribution in [-0.4, -0.2) is 34.3 Å². The van der Waals surface area contributed by atoms with Gasteiger partial charge in [-0.15, -0.1) is 0 Å². The Morgan fingerprint density at radius 1 is 1.18 bits per heavy atom.